The van der Waals surface area contributed by atoms with Crippen molar-refractivity contribution >= 4 is 5.91 Å². The highest BCUT2D eigenvalue weighted by atomic mass is 16.2. The van der Waals surface area contributed by atoms with Gasteiger partial charge in [-0.25, -0.2) is 0 Å². The molecule has 1 N–H and O–H groups in total. The van der Waals surface area contributed by atoms with E-state index in [-0.39, 0.29) is 5.41 Å². The minimum Gasteiger partial charge on any atom is -0.356 e. The zero-order valence-electron chi connectivity index (χ0n) is 15.1. The monoisotopic (exact) mass is 326 g/mol. The van der Waals surface area contributed by atoms with Gasteiger partial charge in [-0.2, -0.15) is 0 Å². The smallest absolute Gasteiger partial charge is 0.226 e. The maximum atomic E-state index is 13.1. The Morgan fingerprint density at radius 2 is 1.79 bits per heavy atom. The molecule has 0 aromatic carbocycles. The number of carbonyl (C=O) groups excluding carboxylic acids is 1. The average molecular weight is 326 g/mol. The van der Waals surface area contributed by atoms with Gasteiger partial charge >= 0.3 is 0 Å². The van der Waals surface area contributed by atoms with Crippen molar-refractivity contribution in [3.63, 3.8) is 0 Å². The third-order valence-corrected chi connectivity index (χ3v) is 6.79. The average Bonchev–Trinajstić information content (AvgIpc) is 2.49. The number of nitrogens with one attached hydrogen (secondary N) is 1. The van der Waals surface area contributed by atoms with Crippen LogP contribution >= 0.6 is 0 Å². The molecule has 3 heteroatoms. The summed E-state index contributed by atoms with van der Waals surface area (Å²) in [5.74, 6) is 1.12. The number of aromatic nitrogens is 1. The summed E-state index contributed by atoms with van der Waals surface area (Å²) >= 11 is 0. The number of pyridine rings is 1. The minimum absolute atomic E-state index is 0.0699. The van der Waals surface area contributed by atoms with E-state index in [0.29, 0.717) is 16.7 Å². The molecule has 1 aromatic heterocycles. The zero-order valence-corrected chi connectivity index (χ0v) is 15.1. The van der Waals surface area contributed by atoms with E-state index in [1.807, 2.05) is 12.4 Å². The van der Waals surface area contributed by atoms with Crippen molar-refractivity contribution in [3.8, 4) is 0 Å². The normalized spacial score (nSPS) is 39.8. The van der Waals surface area contributed by atoms with Gasteiger partial charge in [0.1, 0.15) is 0 Å². The Hall–Kier alpha value is -1.38. The second kappa shape index (κ2) is 5.57. The highest BCUT2D eigenvalue weighted by molar-refractivity contribution is 5.83. The van der Waals surface area contributed by atoms with Crippen molar-refractivity contribution in [1.29, 1.82) is 0 Å². The van der Waals surface area contributed by atoms with E-state index in [1.165, 1.54) is 24.8 Å². The van der Waals surface area contributed by atoms with Crippen molar-refractivity contribution < 1.29 is 4.79 Å². The second-order valence-corrected chi connectivity index (χ2v) is 9.63. The van der Waals surface area contributed by atoms with Crippen LogP contribution in [0, 0.1) is 22.2 Å². The lowest BCUT2D eigenvalue weighted by Gasteiger charge is -2.64. The number of amides is 1. The van der Waals surface area contributed by atoms with Crippen LogP contribution in [0.4, 0.5) is 0 Å². The molecule has 0 unspecified atom stereocenters. The summed E-state index contributed by atoms with van der Waals surface area (Å²) in [6, 6.07) is 4.12. The summed E-state index contributed by atoms with van der Waals surface area (Å²) in [6.45, 7) is 5.66. The fraction of sp³-hybridized carbons (Fsp3) is 0.714. The molecule has 130 valence electrons. The van der Waals surface area contributed by atoms with Crippen molar-refractivity contribution in [1.82, 2.24) is 10.3 Å². The molecule has 24 heavy (non-hydrogen) atoms. The summed E-state index contributed by atoms with van der Waals surface area (Å²) in [6.07, 6.45) is 13.1. The maximum absolute atomic E-state index is 13.1. The highest BCUT2D eigenvalue weighted by Gasteiger charge is 2.62. The molecule has 0 aliphatic heterocycles. The van der Waals surface area contributed by atoms with Gasteiger partial charge in [0.15, 0.2) is 0 Å². The van der Waals surface area contributed by atoms with Gasteiger partial charge in [-0.3, -0.25) is 9.78 Å². The van der Waals surface area contributed by atoms with Crippen LogP contribution in [-0.4, -0.2) is 17.4 Å². The number of carbonyl (C=O) groups is 1. The van der Waals surface area contributed by atoms with Crippen molar-refractivity contribution in [2.45, 2.75) is 65.2 Å². The molecule has 1 aromatic rings. The van der Waals surface area contributed by atoms with Gasteiger partial charge in [0, 0.05) is 18.9 Å². The Morgan fingerprint density at radius 1 is 1.12 bits per heavy atom. The van der Waals surface area contributed by atoms with Crippen LogP contribution in [-0.2, 0) is 11.2 Å². The molecular formula is C21H30N2O. The molecular weight excluding hydrogens is 296 g/mol. The Morgan fingerprint density at radius 3 is 2.42 bits per heavy atom. The van der Waals surface area contributed by atoms with Crippen LogP contribution in [0.5, 0.6) is 0 Å². The zero-order chi connectivity index (χ0) is 16.8. The third kappa shape index (κ3) is 2.87. The van der Waals surface area contributed by atoms with Crippen LogP contribution in [0.1, 0.15) is 64.4 Å². The lowest BCUT2D eigenvalue weighted by Crippen LogP contribution is -2.59. The molecule has 3 nitrogen and oxygen atoms in total. The first-order valence-corrected chi connectivity index (χ1v) is 9.58. The summed E-state index contributed by atoms with van der Waals surface area (Å²) in [5.41, 5.74) is 2.04. The van der Waals surface area contributed by atoms with Crippen LogP contribution in [0.2, 0.25) is 0 Å². The van der Waals surface area contributed by atoms with Crippen molar-refractivity contribution in [2.24, 2.45) is 22.2 Å². The van der Waals surface area contributed by atoms with Crippen molar-refractivity contribution in [3.05, 3.63) is 30.1 Å². The Labute approximate surface area is 145 Å². The molecule has 4 aliphatic rings. The van der Waals surface area contributed by atoms with E-state index < -0.39 is 0 Å². The SMILES string of the molecule is C[C@]12CC3CC(C(=O)NCCCc4ccncc4)(C1)C[C@](C)(C3)C2. The summed E-state index contributed by atoms with van der Waals surface area (Å²) in [4.78, 5) is 17.1. The molecule has 4 aliphatic carbocycles. The largest absolute Gasteiger partial charge is 0.356 e. The second-order valence-electron chi connectivity index (χ2n) is 9.63. The van der Waals surface area contributed by atoms with E-state index in [9.17, 15) is 4.79 Å². The van der Waals surface area contributed by atoms with E-state index in [2.05, 4.69) is 36.3 Å². The molecule has 2 atom stereocenters. The number of nitrogens with zero attached hydrogens (tertiary/aromatic N) is 1. The van der Waals surface area contributed by atoms with Gasteiger partial charge in [-0.1, -0.05) is 13.8 Å². The molecule has 0 spiro atoms. The Balaban J connectivity index is 1.36. The topological polar surface area (TPSA) is 42.0 Å². The van der Waals surface area contributed by atoms with Crippen LogP contribution in [0.3, 0.4) is 0 Å². The van der Waals surface area contributed by atoms with Gasteiger partial charge in [0.05, 0.1) is 5.41 Å². The van der Waals surface area contributed by atoms with E-state index >= 15 is 0 Å². The van der Waals surface area contributed by atoms with E-state index in [0.717, 1.165) is 44.6 Å². The quantitative estimate of drug-likeness (QED) is 0.827. The fourth-order valence-electron chi connectivity index (χ4n) is 6.93. The van der Waals surface area contributed by atoms with Crippen LogP contribution < -0.4 is 5.32 Å². The lowest BCUT2D eigenvalue weighted by atomic mass is 9.40. The molecule has 0 radical (unpaired) electrons. The molecule has 4 saturated carbocycles. The van der Waals surface area contributed by atoms with Crippen LogP contribution in [0.15, 0.2) is 24.5 Å². The Kier molecular flexibility index (Phi) is 3.74. The van der Waals surface area contributed by atoms with Gasteiger partial charge < -0.3 is 5.32 Å². The van der Waals surface area contributed by atoms with Gasteiger partial charge in [0.2, 0.25) is 5.91 Å². The van der Waals surface area contributed by atoms with E-state index in [4.69, 9.17) is 0 Å². The first-order chi connectivity index (χ1) is 11.4. The minimum atomic E-state index is -0.0699. The van der Waals surface area contributed by atoms with Gasteiger partial charge in [-0.05, 0) is 85.8 Å². The number of aryl methyl sites for hydroxylation is 1. The maximum Gasteiger partial charge on any atom is 0.226 e. The number of rotatable bonds is 5. The predicted molar refractivity (Wildman–Crippen MR) is 95.4 cm³/mol. The third-order valence-electron chi connectivity index (χ3n) is 6.79. The summed E-state index contributed by atoms with van der Waals surface area (Å²) in [5, 5.41) is 3.29. The van der Waals surface area contributed by atoms with Gasteiger partial charge in [0.25, 0.3) is 0 Å². The van der Waals surface area contributed by atoms with Crippen LogP contribution in [0.25, 0.3) is 0 Å². The first kappa shape index (κ1) is 16.1. The summed E-state index contributed by atoms with van der Waals surface area (Å²) < 4.78 is 0. The molecule has 1 heterocycles. The fourth-order valence-corrected chi connectivity index (χ4v) is 6.93. The summed E-state index contributed by atoms with van der Waals surface area (Å²) in [7, 11) is 0. The molecule has 4 bridgehead atoms. The number of hydrogen-bond acceptors (Lipinski definition) is 2. The van der Waals surface area contributed by atoms with E-state index in [1.54, 1.807) is 0 Å². The Bertz CT molecular complexity index is 608. The highest BCUT2D eigenvalue weighted by Crippen LogP contribution is 2.69. The number of hydrogen-bond donors (Lipinski definition) is 1. The van der Waals surface area contributed by atoms with Crippen molar-refractivity contribution in [2.75, 3.05) is 6.54 Å². The van der Waals surface area contributed by atoms with Gasteiger partial charge in [-0.15, -0.1) is 0 Å². The molecule has 0 saturated heterocycles. The standard InChI is InChI=1S/C21H30N2O/c1-19-10-17-11-20(2,13-19)15-21(12-17,14-19)18(24)23-7-3-4-16-5-8-22-9-6-16/h5-6,8-9,17H,3-4,7,10-15H2,1-2H3,(H,23,24)/t17?,19-,20-,21?/m1/s1. The molecule has 1 amide bonds. The first-order valence-electron chi connectivity index (χ1n) is 9.58. The molecule has 4 fully saturated rings. The lowest BCUT2D eigenvalue weighted by molar-refractivity contribution is -0.170. The predicted octanol–water partition coefficient (Wildman–Crippen LogP) is 4.13. The molecule has 5 rings (SSSR count).